The monoisotopic (exact) mass is 593 g/mol. The van der Waals surface area contributed by atoms with Crippen LogP contribution in [0.2, 0.25) is 10.0 Å². The molecule has 0 spiro atoms. The zero-order valence-electron chi connectivity index (χ0n) is 22.0. The van der Waals surface area contributed by atoms with Gasteiger partial charge in [-0.2, -0.15) is 0 Å². The zero-order valence-corrected chi connectivity index (χ0v) is 24.3. The Labute approximate surface area is 238 Å². The first-order valence-electron chi connectivity index (χ1n) is 12.1. The average molecular weight is 595 g/mol. The van der Waals surface area contributed by atoms with Gasteiger partial charge < -0.3 is 10.2 Å². The summed E-state index contributed by atoms with van der Waals surface area (Å²) in [4.78, 5) is 28.2. The molecule has 0 saturated heterocycles. The molecule has 2 amide bonds. The summed E-state index contributed by atoms with van der Waals surface area (Å²) in [6, 6.07) is 16.2. The number of hydrogen-bond acceptors (Lipinski definition) is 4. The number of rotatable bonds is 9. The number of nitrogens with one attached hydrogen (secondary N) is 1. The van der Waals surface area contributed by atoms with E-state index in [0.717, 1.165) is 16.4 Å². The summed E-state index contributed by atoms with van der Waals surface area (Å²) in [7, 11) is -4.23. The normalized spacial score (nSPS) is 12.5. The molecule has 3 rings (SSSR count). The maximum Gasteiger partial charge on any atom is 0.264 e. The highest BCUT2D eigenvalue weighted by Gasteiger charge is 2.33. The molecule has 7 nitrogen and oxygen atoms in total. The van der Waals surface area contributed by atoms with Crippen LogP contribution >= 0.6 is 23.2 Å². The first-order valence-corrected chi connectivity index (χ1v) is 14.3. The van der Waals surface area contributed by atoms with Gasteiger partial charge in [-0.3, -0.25) is 13.9 Å². The van der Waals surface area contributed by atoms with Crippen molar-refractivity contribution >= 4 is 50.7 Å². The van der Waals surface area contributed by atoms with E-state index < -0.39 is 45.8 Å². The summed E-state index contributed by atoms with van der Waals surface area (Å²) in [6.07, 6.45) is 0. The van der Waals surface area contributed by atoms with Crippen molar-refractivity contribution < 1.29 is 22.4 Å². The molecular weight excluding hydrogens is 564 g/mol. The lowest BCUT2D eigenvalue weighted by Crippen LogP contribution is -2.54. The first-order chi connectivity index (χ1) is 18.2. The van der Waals surface area contributed by atoms with E-state index in [1.165, 1.54) is 29.2 Å². The molecule has 0 aromatic heterocycles. The Hall–Kier alpha value is -3.14. The Morgan fingerprint density at radius 2 is 1.56 bits per heavy atom. The highest BCUT2D eigenvalue weighted by Crippen LogP contribution is 2.26. The summed E-state index contributed by atoms with van der Waals surface area (Å²) in [6.45, 7) is 6.31. The summed E-state index contributed by atoms with van der Waals surface area (Å²) in [5, 5.41) is 3.45. The number of hydrogen-bond donors (Lipinski definition) is 1. The molecule has 1 atom stereocenters. The van der Waals surface area contributed by atoms with E-state index in [1.807, 2.05) is 20.8 Å². The van der Waals surface area contributed by atoms with Crippen LogP contribution in [-0.4, -0.2) is 43.3 Å². The SMILES string of the molecule is C[C@@H](C(=O)NC(C)(C)C)N(Cc1ccc(Cl)c(Cl)c1)C(=O)CN(c1ccc(F)cc1)S(=O)(=O)c1ccccc1. The van der Waals surface area contributed by atoms with Crippen LogP contribution in [0.5, 0.6) is 0 Å². The van der Waals surface area contributed by atoms with Crippen LogP contribution in [0.3, 0.4) is 0 Å². The quantitative estimate of drug-likeness (QED) is 0.347. The molecule has 0 radical (unpaired) electrons. The topological polar surface area (TPSA) is 86.8 Å². The third-order valence-electron chi connectivity index (χ3n) is 5.73. The maximum absolute atomic E-state index is 13.8. The number of benzene rings is 3. The van der Waals surface area contributed by atoms with Crippen LogP contribution in [0.15, 0.2) is 77.7 Å². The van der Waals surface area contributed by atoms with Crippen LogP contribution < -0.4 is 9.62 Å². The van der Waals surface area contributed by atoms with Crippen molar-refractivity contribution in [2.75, 3.05) is 10.8 Å². The van der Waals surface area contributed by atoms with Crippen LogP contribution in [-0.2, 0) is 26.2 Å². The molecule has 0 heterocycles. The number of carbonyl (C=O) groups excluding carboxylic acids is 2. The van der Waals surface area contributed by atoms with Crippen LogP contribution in [0.1, 0.15) is 33.3 Å². The van der Waals surface area contributed by atoms with E-state index in [9.17, 15) is 22.4 Å². The summed E-state index contributed by atoms with van der Waals surface area (Å²) < 4.78 is 41.9. The van der Waals surface area contributed by atoms with Crippen LogP contribution in [0, 0.1) is 5.82 Å². The van der Waals surface area contributed by atoms with Crippen LogP contribution in [0.4, 0.5) is 10.1 Å². The van der Waals surface area contributed by atoms with Gasteiger partial charge >= 0.3 is 0 Å². The highest BCUT2D eigenvalue weighted by atomic mass is 35.5. The number of sulfonamides is 1. The summed E-state index contributed by atoms with van der Waals surface area (Å²) in [5.74, 6) is -1.63. The van der Waals surface area contributed by atoms with Gasteiger partial charge in [-0.25, -0.2) is 12.8 Å². The Balaban J connectivity index is 2.03. The Kier molecular flexibility index (Phi) is 9.64. The van der Waals surface area contributed by atoms with Gasteiger partial charge in [0.2, 0.25) is 11.8 Å². The second-order valence-electron chi connectivity index (χ2n) is 9.99. The predicted octanol–water partition coefficient (Wildman–Crippen LogP) is 5.66. The molecule has 3 aromatic carbocycles. The molecule has 0 bridgehead atoms. The number of anilines is 1. The minimum absolute atomic E-state index is 0.0445. The second kappa shape index (κ2) is 12.4. The molecule has 3 aromatic rings. The minimum Gasteiger partial charge on any atom is -0.350 e. The molecule has 0 saturated carbocycles. The van der Waals surface area contributed by atoms with Crippen molar-refractivity contribution in [3.8, 4) is 0 Å². The fraction of sp³-hybridized carbons (Fsp3) is 0.286. The molecule has 11 heteroatoms. The first kappa shape index (κ1) is 30.4. The molecule has 208 valence electrons. The van der Waals surface area contributed by atoms with Crippen molar-refractivity contribution in [3.63, 3.8) is 0 Å². The number of nitrogens with zero attached hydrogens (tertiary/aromatic N) is 2. The Bertz CT molecular complexity index is 1430. The summed E-state index contributed by atoms with van der Waals surface area (Å²) in [5.41, 5.74) is 0.114. The van der Waals surface area contributed by atoms with Crippen molar-refractivity contribution in [1.29, 1.82) is 0 Å². The molecule has 0 unspecified atom stereocenters. The molecule has 0 aliphatic rings. The van der Waals surface area contributed by atoms with Gasteiger partial charge in [0, 0.05) is 12.1 Å². The van der Waals surface area contributed by atoms with E-state index in [0.29, 0.717) is 10.6 Å². The van der Waals surface area contributed by atoms with Gasteiger partial charge in [0.15, 0.2) is 0 Å². The molecule has 0 fully saturated rings. The minimum atomic E-state index is -4.23. The van der Waals surface area contributed by atoms with Crippen LogP contribution in [0.25, 0.3) is 0 Å². The van der Waals surface area contributed by atoms with Crippen molar-refractivity contribution in [1.82, 2.24) is 10.2 Å². The van der Waals surface area contributed by atoms with Crippen molar-refractivity contribution in [3.05, 3.63) is 94.2 Å². The highest BCUT2D eigenvalue weighted by molar-refractivity contribution is 7.92. The fourth-order valence-corrected chi connectivity index (χ4v) is 5.50. The maximum atomic E-state index is 13.8. The van der Waals surface area contributed by atoms with Crippen molar-refractivity contribution in [2.24, 2.45) is 0 Å². The standard InChI is InChI=1S/C28H30Cl2FN3O4S/c1-19(27(36)32-28(2,3)4)33(17-20-10-15-24(29)25(30)16-20)26(35)18-34(22-13-11-21(31)12-14-22)39(37,38)23-8-6-5-7-9-23/h5-16,19H,17-18H2,1-4H3,(H,32,36)/t19-/m0/s1. The van der Waals surface area contributed by atoms with Gasteiger partial charge in [-0.15, -0.1) is 0 Å². The third kappa shape index (κ3) is 7.94. The predicted molar refractivity (Wildman–Crippen MR) is 152 cm³/mol. The molecule has 0 aliphatic heterocycles. The fourth-order valence-electron chi connectivity index (χ4n) is 3.75. The Morgan fingerprint density at radius 1 is 0.949 bits per heavy atom. The third-order valence-corrected chi connectivity index (χ3v) is 8.25. The molecule has 1 N–H and O–H groups in total. The summed E-state index contributed by atoms with van der Waals surface area (Å²) >= 11 is 12.2. The lowest BCUT2D eigenvalue weighted by molar-refractivity contribution is -0.140. The van der Waals surface area contributed by atoms with E-state index in [-0.39, 0.29) is 22.2 Å². The average Bonchev–Trinajstić information content (AvgIpc) is 2.87. The van der Waals surface area contributed by atoms with Gasteiger partial charge in [-0.05, 0) is 81.8 Å². The lowest BCUT2D eigenvalue weighted by Gasteiger charge is -2.33. The van der Waals surface area contributed by atoms with E-state index in [2.05, 4.69) is 5.32 Å². The van der Waals surface area contributed by atoms with E-state index in [1.54, 1.807) is 43.3 Å². The van der Waals surface area contributed by atoms with Gasteiger partial charge in [0.1, 0.15) is 18.4 Å². The number of amides is 2. The molecular formula is C28H30Cl2FN3O4S. The van der Waals surface area contributed by atoms with Crippen molar-refractivity contribution in [2.45, 2.75) is 50.7 Å². The Morgan fingerprint density at radius 3 is 2.13 bits per heavy atom. The molecule has 39 heavy (non-hydrogen) atoms. The van der Waals surface area contributed by atoms with E-state index in [4.69, 9.17) is 23.2 Å². The molecule has 0 aliphatic carbocycles. The zero-order chi connectivity index (χ0) is 29.0. The van der Waals surface area contributed by atoms with Gasteiger partial charge in [0.05, 0.1) is 20.6 Å². The van der Waals surface area contributed by atoms with Gasteiger partial charge in [-0.1, -0.05) is 47.5 Å². The van der Waals surface area contributed by atoms with Gasteiger partial charge in [0.25, 0.3) is 10.0 Å². The smallest absolute Gasteiger partial charge is 0.264 e. The number of carbonyl (C=O) groups is 2. The number of halogens is 3. The lowest BCUT2D eigenvalue weighted by atomic mass is 10.1. The largest absolute Gasteiger partial charge is 0.350 e. The second-order valence-corrected chi connectivity index (χ2v) is 12.7. The van der Waals surface area contributed by atoms with E-state index >= 15 is 0 Å².